The molecule has 0 saturated carbocycles. The molecule has 0 saturated heterocycles. The summed E-state index contributed by atoms with van der Waals surface area (Å²) < 4.78 is 0. The van der Waals surface area contributed by atoms with Crippen LogP contribution < -0.4 is 5.32 Å². The van der Waals surface area contributed by atoms with Crippen LogP contribution in [0.3, 0.4) is 0 Å². The molecule has 0 aliphatic carbocycles. The first-order chi connectivity index (χ1) is 8.97. The van der Waals surface area contributed by atoms with E-state index in [-0.39, 0.29) is 6.04 Å². The normalized spacial score (nSPS) is 12.3. The summed E-state index contributed by atoms with van der Waals surface area (Å²) in [5.41, 5.74) is 2.89. The molecule has 0 radical (unpaired) electrons. The van der Waals surface area contributed by atoms with Crippen LogP contribution in [-0.4, -0.2) is 0 Å². The Labute approximate surface area is 128 Å². The quantitative estimate of drug-likeness (QED) is 0.718. The van der Waals surface area contributed by atoms with Crippen LogP contribution in [0.5, 0.6) is 0 Å². The van der Waals surface area contributed by atoms with Crippen molar-refractivity contribution in [3.63, 3.8) is 0 Å². The summed E-state index contributed by atoms with van der Waals surface area (Å²) >= 11 is 18.3. The highest BCUT2D eigenvalue weighted by Crippen LogP contribution is 2.31. The Bertz CT molecular complexity index is 596. The second kappa shape index (κ2) is 6.04. The molecule has 1 atom stereocenters. The minimum atomic E-state index is 0.0926. The van der Waals surface area contributed by atoms with Gasteiger partial charge in [0.05, 0.1) is 10.7 Å². The van der Waals surface area contributed by atoms with Gasteiger partial charge in [-0.2, -0.15) is 0 Å². The maximum absolute atomic E-state index is 6.22. The second-order valence-corrected chi connectivity index (χ2v) is 5.75. The summed E-state index contributed by atoms with van der Waals surface area (Å²) in [7, 11) is 0. The van der Waals surface area contributed by atoms with Gasteiger partial charge in [0.25, 0.3) is 0 Å². The van der Waals surface area contributed by atoms with Crippen molar-refractivity contribution in [2.75, 3.05) is 5.32 Å². The molecule has 19 heavy (non-hydrogen) atoms. The van der Waals surface area contributed by atoms with Crippen molar-refractivity contribution in [1.29, 1.82) is 0 Å². The van der Waals surface area contributed by atoms with Crippen LogP contribution >= 0.6 is 34.8 Å². The zero-order valence-electron chi connectivity index (χ0n) is 10.7. The van der Waals surface area contributed by atoms with Crippen molar-refractivity contribution in [3.05, 3.63) is 62.6 Å². The number of anilines is 1. The first-order valence-electron chi connectivity index (χ1n) is 5.95. The van der Waals surface area contributed by atoms with E-state index in [0.29, 0.717) is 10.0 Å². The smallest absolute Gasteiger partial charge is 0.0641 e. The highest BCUT2D eigenvalue weighted by Gasteiger charge is 2.10. The minimum absolute atomic E-state index is 0.0926. The molecule has 2 rings (SSSR count). The van der Waals surface area contributed by atoms with Gasteiger partial charge in [-0.25, -0.2) is 0 Å². The molecule has 1 unspecified atom stereocenters. The molecule has 2 aromatic carbocycles. The summed E-state index contributed by atoms with van der Waals surface area (Å²) in [6, 6.07) is 11.5. The highest BCUT2D eigenvalue weighted by molar-refractivity contribution is 6.35. The summed E-state index contributed by atoms with van der Waals surface area (Å²) in [6.45, 7) is 3.98. The molecule has 0 aliphatic rings. The third-order valence-electron chi connectivity index (χ3n) is 2.97. The molecule has 1 N–H and O–H groups in total. The lowest BCUT2D eigenvalue weighted by Gasteiger charge is -2.18. The lowest BCUT2D eigenvalue weighted by atomic mass is 10.1. The molecular formula is C15H14Cl3N. The van der Waals surface area contributed by atoms with Gasteiger partial charge in [-0.1, -0.05) is 46.9 Å². The number of rotatable bonds is 3. The van der Waals surface area contributed by atoms with Crippen molar-refractivity contribution in [2.45, 2.75) is 19.9 Å². The van der Waals surface area contributed by atoms with Crippen LogP contribution in [0.4, 0.5) is 5.69 Å². The molecular weight excluding hydrogens is 301 g/mol. The van der Waals surface area contributed by atoms with Crippen LogP contribution in [0.1, 0.15) is 24.1 Å². The van der Waals surface area contributed by atoms with Gasteiger partial charge in [0.2, 0.25) is 0 Å². The van der Waals surface area contributed by atoms with Gasteiger partial charge in [0, 0.05) is 16.1 Å². The Hall–Kier alpha value is -0.890. The van der Waals surface area contributed by atoms with E-state index in [4.69, 9.17) is 34.8 Å². The van der Waals surface area contributed by atoms with Gasteiger partial charge >= 0.3 is 0 Å². The first-order valence-corrected chi connectivity index (χ1v) is 7.08. The average molecular weight is 315 g/mol. The van der Waals surface area contributed by atoms with Crippen LogP contribution in [0, 0.1) is 6.92 Å². The minimum Gasteiger partial charge on any atom is -0.377 e. The van der Waals surface area contributed by atoms with Crippen LogP contribution in [-0.2, 0) is 0 Å². The topological polar surface area (TPSA) is 12.0 Å². The van der Waals surface area contributed by atoms with Crippen LogP contribution in [0.25, 0.3) is 0 Å². The maximum Gasteiger partial charge on any atom is 0.0641 e. The Kier molecular flexibility index (Phi) is 4.62. The number of nitrogens with one attached hydrogen (secondary N) is 1. The molecule has 1 nitrogen and oxygen atoms in total. The third-order valence-corrected chi connectivity index (χ3v) is 3.92. The highest BCUT2D eigenvalue weighted by atomic mass is 35.5. The Morgan fingerprint density at radius 2 is 1.74 bits per heavy atom. The summed E-state index contributed by atoms with van der Waals surface area (Å²) in [4.78, 5) is 0. The lowest BCUT2D eigenvalue weighted by Crippen LogP contribution is -2.07. The van der Waals surface area contributed by atoms with Crippen molar-refractivity contribution < 1.29 is 0 Å². The van der Waals surface area contributed by atoms with Crippen LogP contribution in [0.15, 0.2) is 36.4 Å². The molecule has 100 valence electrons. The fourth-order valence-corrected chi connectivity index (χ4v) is 2.48. The first kappa shape index (κ1) is 14.5. The molecule has 2 aromatic rings. The molecule has 0 spiro atoms. The lowest BCUT2D eigenvalue weighted by molar-refractivity contribution is 0.885. The van der Waals surface area contributed by atoms with Crippen LogP contribution in [0.2, 0.25) is 15.1 Å². The van der Waals surface area contributed by atoms with E-state index in [9.17, 15) is 0 Å². The molecule has 0 aromatic heterocycles. The third kappa shape index (κ3) is 3.56. The Morgan fingerprint density at radius 3 is 2.42 bits per heavy atom. The number of benzene rings is 2. The maximum atomic E-state index is 6.22. The Balaban J connectivity index is 2.24. The zero-order chi connectivity index (χ0) is 14.0. The largest absolute Gasteiger partial charge is 0.377 e. The number of hydrogen-bond donors (Lipinski definition) is 1. The monoisotopic (exact) mass is 313 g/mol. The fraction of sp³-hybridized carbons (Fsp3) is 0.200. The molecule has 0 bridgehead atoms. The number of halogens is 3. The second-order valence-electron chi connectivity index (χ2n) is 4.50. The number of aryl methyl sites for hydroxylation is 1. The van der Waals surface area contributed by atoms with Gasteiger partial charge < -0.3 is 5.32 Å². The Morgan fingerprint density at radius 1 is 1.00 bits per heavy atom. The van der Waals surface area contributed by atoms with E-state index < -0.39 is 0 Å². The molecule has 0 amide bonds. The summed E-state index contributed by atoms with van der Waals surface area (Å²) in [5.74, 6) is 0. The fourth-order valence-electron chi connectivity index (χ4n) is 1.85. The summed E-state index contributed by atoms with van der Waals surface area (Å²) in [5, 5.41) is 5.43. The van der Waals surface area contributed by atoms with Gasteiger partial charge in [-0.3, -0.25) is 0 Å². The predicted octanol–water partition coefficient (Wildman–Crippen LogP) is 6.13. The molecule has 0 fully saturated rings. The van der Waals surface area contributed by atoms with Gasteiger partial charge in [0.1, 0.15) is 0 Å². The summed E-state index contributed by atoms with van der Waals surface area (Å²) in [6.07, 6.45) is 0. The van der Waals surface area contributed by atoms with Gasteiger partial charge in [-0.15, -0.1) is 0 Å². The van der Waals surface area contributed by atoms with Gasteiger partial charge in [-0.05, 0) is 49.2 Å². The SMILES string of the molecule is Cc1cc(Cl)c(NC(C)c2cccc(Cl)c2)cc1Cl. The van der Waals surface area contributed by atoms with Crippen molar-refractivity contribution in [2.24, 2.45) is 0 Å². The number of hydrogen-bond acceptors (Lipinski definition) is 1. The standard InChI is InChI=1S/C15H14Cl3N/c1-9-6-14(18)15(8-13(9)17)19-10(2)11-4-3-5-12(16)7-11/h3-8,10,19H,1-2H3. The molecule has 4 heteroatoms. The van der Waals surface area contributed by atoms with E-state index in [1.165, 1.54) is 0 Å². The molecule has 0 heterocycles. The van der Waals surface area contributed by atoms with E-state index in [0.717, 1.165) is 21.8 Å². The average Bonchev–Trinajstić information content (AvgIpc) is 2.36. The van der Waals surface area contributed by atoms with E-state index in [1.807, 2.05) is 43.3 Å². The molecule has 0 aliphatic heterocycles. The van der Waals surface area contributed by atoms with Gasteiger partial charge in [0.15, 0.2) is 0 Å². The predicted molar refractivity (Wildman–Crippen MR) is 84.7 cm³/mol. The van der Waals surface area contributed by atoms with E-state index in [2.05, 4.69) is 12.2 Å². The van der Waals surface area contributed by atoms with Crippen molar-refractivity contribution in [3.8, 4) is 0 Å². The van der Waals surface area contributed by atoms with Crippen molar-refractivity contribution >= 4 is 40.5 Å². The van der Waals surface area contributed by atoms with Crippen molar-refractivity contribution in [1.82, 2.24) is 0 Å². The zero-order valence-corrected chi connectivity index (χ0v) is 12.9. The van der Waals surface area contributed by atoms with E-state index in [1.54, 1.807) is 0 Å². The van der Waals surface area contributed by atoms with E-state index >= 15 is 0 Å².